The minimum absolute atomic E-state index is 0.308. The van der Waals surface area contributed by atoms with E-state index in [-0.39, 0.29) is 0 Å². The van der Waals surface area contributed by atoms with Gasteiger partial charge in [0.2, 0.25) is 0 Å². The molecule has 1 aromatic rings. The summed E-state index contributed by atoms with van der Waals surface area (Å²) in [6.07, 6.45) is 0. The fourth-order valence-corrected chi connectivity index (χ4v) is 3.08. The quantitative estimate of drug-likeness (QED) is 0.687. The monoisotopic (exact) mass is 350 g/mol. The molecule has 0 N–H and O–H groups in total. The number of halogens is 3. The molecule has 0 radical (unpaired) electrons. The van der Waals surface area contributed by atoms with Gasteiger partial charge in [0.05, 0.1) is 18.0 Å². The lowest BCUT2D eigenvalue weighted by atomic mass is 10.1. The average Bonchev–Trinajstić information content (AvgIpc) is 2.65. The minimum atomic E-state index is 0.308. The number of hydrogen-bond donors (Lipinski definition) is 0. The van der Waals surface area contributed by atoms with Crippen molar-refractivity contribution in [3.05, 3.63) is 40.4 Å². The van der Waals surface area contributed by atoms with Crippen LogP contribution in [-0.2, 0) is 4.74 Å². The Kier molecular flexibility index (Phi) is 3.88. The van der Waals surface area contributed by atoms with Gasteiger partial charge in [0.15, 0.2) is 0 Å². The first-order valence-electron chi connectivity index (χ1n) is 4.55. The first-order chi connectivity index (χ1) is 7.18. The van der Waals surface area contributed by atoms with Crippen molar-refractivity contribution < 1.29 is 4.74 Å². The molecule has 1 fully saturated rings. The van der Waals surface area contributed by atoms with Crippen molar-refractivity contribution in [1.29, 1.82) is 0 Å². The Balaban J connectivity index is 2.34. The smallest absolute Gasteiger partial charge is 0.0703 e. The Labute approximate surface area is 111 Å². The van der Waals surface area contributed by atoms with Gasteiger partial charge in [0, 0.05) is 9.51 Å². The third-order valence-electron chi connectivity index (χ3n) is 2.28. The fraction of sp³-hybridized carbons (Fsp3) is 0.273. The molecule has 1 nitrogen and oxygen atoms in total. The molecule has 0 aliphatic carbocycles. The van der Waals surface area contributed by atoms with E-state index in [0.717, 1.165) is 21.7 Å². The molecule has 1 atom stereocenters. The first-order valence-corrected chi connectivity index (χ1v) is 6.63. The van der Waals surface area contributed by atoms with Gasteiger partial charge in [-0.05, 0) is 23.3 Å². The molecule has 80 valence electrons. The molecule has 0 amide bonds. The van der Waals surface area contributed by atoms with Crippen molar-refractivity contribution in [2.24, 2.45) is 0 Å². The van der Waals surface area contributed by atoms with E-state index in [1.807, 2.05) is 24.3 Å². The van der Waals surface area contributed by atoms with Gasteiger partial charge in [0.25, 0.3) is 0 Å². The molecule has 2 rings (SSSR count). The van der Waals surface area contributed by atoms with Gasteiger partial charge in [0.1, 0.15) is 0 Å². The normalized spacial score (nSPS) is 24.3. The summed E-state index contributed by atoms with van der Waals surface area (Å²) in [6, 6.07) is 7.77. The predicted octanol–water partition coefficient (Wildman–Crippen LogP) is 4.24. The SMILES string of the molecule is Clc1ccc(/C(Br)=C2/COCC2Br)cc1. The van der Waals surface area contributed by atoms with E-state index in [9.17, 15) is 0 Å². The van der Waals surface area contributed by atoms with E-state index in [4.69, 9.17) is 16.3 Å². The Bertz CT molecular complexity index is 386. The molecule has 4 heteroatoms. The number of benzene rings is 1. The Morgan fingerprint density at radius 3 is 2.53 bits per heavy atom. The molecular weight excluding hydrogens is 343 g/mol. The zero-order chi connectivity index (χ0) is 10.8. The average molecular weight is 352 g/mol. The van der Waals surface area contributed by atoms with E-state index < -0.39 is 0 Å². The van der Waals surface area contributed by atoms with Crippen molar-refractivity contribution in [3.8, 4) is 0 Å². The summed E-state index contributed by atoms with van der Waals surface area (Å²) in [5, 5.41) is 0.752. The number of alkyl halides is 1. The van der Waals surface area contributed by atoms with Gasteiger partial charge in [-0.25, -0.2) is 0 Å². The van der Waals surface area contributed by atoms with E-state index in [1.54, 1.807) is 0 Å². The first kappa shape index (κ1) is 11.6. The summed E-state index contributed by atoms with van der Waals surface area (Å²) in [7, 11) is 0. The second-order valence-corrected chi connectivity index (χ2v) is 5.66. The highest BCUT2D eigenvalue weighted by molar-refractivity contribution is 9.15. The summed E-state index contributed by atoms with van der Waals surface area (Å²) in [4.78, 5) is 0.308. The molecule has 0 spiro atoms. The van der Waals surface area contributed by atoms with Crippen LogP contribution in [0.15, 0.2) is 29.8 Å². The van der Waals surface area contributed by atoms with Crippen LogP contribution in [0.2, 0.25) is 5.02 Å². The molecule has 1 aliphatic heterocycles. The molecule has 15 heavy (non-hydrogen) atoms. The molecular formula is C11H9Br2ClO. The van der Waals surface area contributed by atoms with Gasteiger partial charge < -0.3 is 4.74 Å². The maximum absolute atomic E-state index is 5.84. The van der Waals surface area contributed by atoms with Gasteiger partial charge in [-0.2, -0.15) is 0 Å². The molecule has 0 bridgehead atoms. The van der Waals surface area contributed by atoms with Crippen LogP contribution in [0.25, 0.3) is 4.48 Å². The highest BCUT2D eigenvalue weighted by atomic mass is 79.9. The van der Waals surface area contributed by atoms with Crippen LogP contribution in [0.5, 0.6) is 0 Å². The van der Waals surface area contributed by atoms with E-state index >= 15 is 0 Å². The summed E-state index contributed by atoms with van der Waals surface area (Å²) < 4.78 is 6.47. The number of ether oxygens (including phenoxy) is 1. The van der Waals surface area contributed by atoms with Crippen LogP contribution in [0.3, 0.4) is 0 Å². The third-order valence-corrected chi connectivity index (χ3v) is 4.32. The largest absolute Gasteiger partial charge is 0.376 e. The molecule has 1 unspecified atom stereocenters. The van der Waals surface area contributed by atoms with Gasteiger partial charge >= 0.3 is 0 Å². The van der Waals surface area contributed by atoms with Crippen molar-refractivity contribution in [1.82, 2.24) is 0 Å². The van der Waals surface area contributed by atoms with Crippen LogP contribution in [0, 0.1) is 0 Å². The van der Waals surface area contributed by atoms with Gasteiger partial charge in [-0.3, -0.25) is 0 Å². The Hall–Kier alpha value is 0.170. The lowest BCUT2D eigenvalue weighted by Gasteiger charge is -2.06. The third kappa shape index (κ3) is 2.64. The molecule has 0 aromatic heterocycles. The topological polar surface area (TPSA) is 9.23 Å². The number of rotatable bonds is 1. The van der Waals surface area contributed by atoms with E-state index in [1.165, 1.54) is 5.57 Å². The fourth-order valence-electron chi connectivity index (χ4n) is 1.45. The van der Waals surface area contributed by atoms with Crippen LogP contribution in [0.1, 0.15) is 5.56 Å². The predicted molar refractivity (Wildman–Crippen MR) is 70.8 cm³/mol. The highest BCUT2D eigenvalue weighted by Gasteiger charge is 2.22. The zero-order valence-corrected chi connectivity index (χ0v) is 11.8. The lowest BCUT2D eigenvalue weighted by Crippen LogP contribution is -1.99. The van der Waals surface area contributed by atoms with Gasteiger partial charge in [-0.1, -0.05) is 55.6 Å². The summed E-state index contributed by atoms with van der Waals surface area (Å²) in [6.45, 7) is 1.41. The van der Waals surface area contributed by atoms with Crippen molar-refractivity contribution in [2.45, 2.75) is 4.83 Å². The van der Waals surface area contributed by atoms with Crippen LogP contribution in [0.4, 0.5) is 0 Å². The van der Waals surface area contributed by atoms with Gasteiger partial charge in [-0.15, -0.1) is 0 Å². The Morgan fingerprint density at radius 1 is 1.33 bits per heavy atom. The van der Waals surface area contributed by atoms with Crippen molar-refractivity contribution >= 4 is 47.9 Å². The summed E-state index contributed by atoms with van der Waals surface area (Å²) >= 11 is 13.0. The van der Waals surface area contributed by atoms with E-state index in [2.05, 4.69) is 31.9 Å². The second-order valence-electron chi connectivity index (χ2n) is 3.33. The molecule has 1 saturated heterocycles. The standard InChI is InChI=1S/C11H9Br2ClO/c12-10-6-15-5-9(10)11(13)7-1-3-8(14)4-2-7/h1-4,10H,5-6H2/b11-9+. The van der Waals surface area contributed by atoms with Crippen LogP contribution >= 0.6 is 43.5 Å². The van der Waals surface area contributed by atoms with Crippen molar-refractivity contribution in [2.75, 3.05) is 13.2 Å². The maximum Gasteiger partial charge on any atom is 0.0703 e. The van der Waals surface area contributed by atoms with Crippen LogP contribution < -0.4 is 0 Å². The zero-order valence-electron chi connectivity index (χ0n) is 7.84. The summed E-state index contributed by atoms with van der Waals surface area (Å²) in [5.41, 5.74) is 2.38. The molecule has 1 aliphatic rings. The van der Waals surface area contributed by atoms with Crippen LogP contribution in [-0.4, -0.2) is 18.0 Å². The molecule has 0 saturated carbocycles. The second kappa shape index (κ2) is 5.00. The Morgan fingerprint density at radius 2 is 2.00 bits per heavy atom. The minimum Gasteiger partial charge on any atom is -0.376 e. The molecule has 1 aromatic carbocycles. The lowest BCUT2D eigenvalue weighted by molar-refractivity contribution is 0.207. The highest BCUT2D eigenvalue weighted by Crippen LogP contribution is 2.33. The maximum atomic E-state index is 5.84. The van der Waals surface area contributed by atoms with E-state index in [0.29, 0.717) is 11.4 Å². The number of hydrogen-bond acceptors (Lipinski definition) is 1. The summed E-state index contributed by atoms with van der Waals surface area (Å²) in [5.74, 6) is 0. The van der Waals surface area contributed by atoms with Crippen molar-refractivity contribution in [3.63, 3.8) is 0 Å². The molecule has 1 heterocycles.